The number of amides is 1. The van der Waals surface area contributed by atoms with Crippen LogP contribution in [0.15, 0.2) is 72.8 Å². The van der Waals surface area contributed by atoms with E-state index in [-0.39, 0.29) is 17.7 Å². The van der Waals surface area contributed by atoms with Crippen LogP contribution in [0.3, 0.4) is 0 Å². The van der Waals surface area contributed by atoms with E-state index in [1.807, 2.05) is 48.5 Å². The van der Waals surface area contributed by atoms with Crippen molar-refractivity contribution >= 4 is 17.6 Å². The Hall–Kier alpha value is -3.60. The molecule has 3 aromatic rings. The number of ether oxygens (including phenoxy) is 1. The average molecular weight is 399 g/mol. The molecular weight excluding hydrogens is 378 g/mol. The third kappa shape index (κ3) is 2.70. The maximum Gasteiger partial charge on any atom is 0.308 e. The first-order valence-electron chi connectivity index (χ1n) is 9.95. The van der Waals surface area contributed by atoms with E-state index in [9.17, 15) is 14.7 Å². The van der Waals surface area contributed by atoms with E-state index >= 15 is 0 Å². The highest BCUT2D eigenvalue weighted by Crippen LogP contribution is 2.58. The first-order valence-corrected chi connectivity index (χ1v) is 9.95. The Morgan fingerprint density at radius 3 is 1.67 bits per heavy atom. The smallest absolute Gasteiger partial charge is 0.308 e. The van der Waals surface area contributed by atoms with E-state index in [0.717, 1.165) is 22.3 Å². The van der Waals surface area contributed by atoms with Crippen molar-refractivity contribution in [3.8, 4) is 5.75 Å². The average Bonchev–Trinajstić information content (AvgIpc) is 2.79. The molecule has 3 aliphatic rings. The minimum absolute atomic E-state index is 0.272. The summed E-state index contributed by atoms with van der Waals surface area (Å²) in [7, 11) is 1.58. The van der Waals surface area contributed by atoms with Crippen LogP contribution in [0.4, 0.5) is 5.69 Å². The Kier molecular flexibility index (Phi) is 4.31. The van der Waals surface area contributed by atoms with E-state index in [0.29, 0.717) is 11.4 Å². The summed E-state index contributed by atoms with van der Waals surface area (Å²) in [5.74, 6) is -2.67. The first kappa shape index (κ1) is 18.4. The van der Waals surface area contributed by atoms with Gasteiger partial charge in [-0.25, -0.2) is 0 Å². The van der Waals surface area contributed by atoms with Gasteiger partial charge in [0.05, 0.1) is 18.9 Å². The van der Waals surface area contributed by atoms with Gasteiger partial charge in [0.2, 0.25) is 5.91 Å². The van der Waals surface area contributed by atoms with E-state index in [1.165, 1.54) is 0 Å². The lowest BCUT2D eigenvalue weighted by atomic mass is 9.54. The maximum atomic E-state index is 13.4. The topological polar surface area (TPSA) is 75.6 Å². The highest BCUT2D eigenvalue weighted by molar-refractivity contribution is 5.98. The number of anilines is 1. The molecule has 0 saturated carbocycles. The van der Waals surface area contributed by atoms with Crippen molar-refractivity contribution in [1.29, 1.82) is 0 Å². The van der Waals surface area contributed by atoms with Crippen molar-refractivity contribution in [2.75, 3.05) is 12.4 Å². The normalized spacial score (nSPS) is 23.2. The standard InChI is InChI=1S/C25H21NO4/c1-30-15-12-10-14(11-13-15)26-24(27)22-20-16-6-2-4-8-18(16)21(23(22)25(28)29)19-9-5-3-7-17(19)20/h2-13,20-23H,1H3,(H,26,27)(H,28,29)/t20?,21?,22-,23-/m0/s1. The fourth-order valence-corrected chi connectivity index (χ4v) is 5.19. The van der Waals surface area contributed by atoms with Gasteiger partial charge in [0.15, 0.2) is 0 Å². The number of fused-ring (bicyclic) bond motifs is 1. The summed E-state index contributed by atoms with van der Waals surface area (Å²) in [4.78, 5) is 25.9. The van der Waals surface area contributed by atoms with Gasteiger partial charge in [-0.05, 0) is 46.5 Å². The highest BCUT2D eigenvalue weighted by atomic mass is 16.5. The van der Waals surface area contributed by atoms with Gasteiger partial charge in [0.25, 0.3) is 0 Å². The lowest BCUT2D eigenvalue weighted by Crippen LogP contribution is -2.48. The molecular formula is C25H21NO4. The number of benzene rings is 3. The molecule has 0 aliphatic heterocycles. The third-order valence-corrected chi connectivity index (χ3v) is 6.38. The van der Waals surface area contributed by atoms with E-state index in [2.05, 4.69) is 5.32 Å². The molecule has 150 valence electrons. The zero-order chi connectivity index (χ0) is 20.8. The SMILES string of the molecule is COc1ccc(NC(=O)[C@H]2C3c4ccccc4C(c4ccccc43)[C@@H]2C(=O)O)cc1. The molecule has 5 heteroatoms. The Bertz CT molecular complexity index is 1090. The minimum atomic E-state index is -0.941. The summed E-state index contributed by atoms with van der Waals surface area (Å²) >= 11 is 0. The molecule has 0 radical (unpaired) electrons. The van der Waals surface area contributed by atoms with E-state index in [4.69, 9.17) is 4.74 Å². The van der Waals surface area contributed by atoms with Crippen LogP contribution < -0.4 is 10.1 Å². The molecule has 1 amide bonds. The third-order valence-electron chi connectivity index (χ3n) is 6.38. The Morgan fingerprint density at radius 2 is 1.23 bits per heavy atom. The van der Waals surface area contributed by atoms with Crippen LogP contribution in [0, 0.1) is 11.8 Å². The van der Waals surface area contributed by atoms with Gasteiger partial charge < -0.3 is 15.2 Å². The quantitative estimate of drug-likeness (QED) is 0.688. The molecule has 0 spiro atoms. The maximum absolute atomic E-state index is 13.4. The number of hydrogen-bond donors (Lipinski definition) is 2. The lowest BCUT2D eigenvalue weighted by Gasteiger charge is -2.48. The summed E-state index contributed by atoms with van der Waals surface area (Å²) in [6.07, 6.45) is 0. The van der Waals surface area contributed by atoms with Gasteiger partial charge in [-0.15, -0.1) is 0 Å². The molecule has 0 heterocycles. The molecule has 2 atom stereocenters. The summed E-state index contributed by atoms with van der Waals surface area (Å²) < 4.78 is 5.17. The fraction of sp³-hybridized carbons (Fsp3) is 0.200. The monoisotopic (exact) mass is 399 g/mol. The number of methoxy groups -OCH3 is 1. The molecule has 0 saturated heterocycles. The van der Waals surface area contributed by atoms with Crippen LogP contribution in [0.5, 0.6) is 5.75 Å². The fourth-order valence-electron chi connectivity index (χ4n) is 5.19. The molecule has 3 aromatic carbocycles. The van der Waals surface area contributed by atoms with Gasteiger partial charge in [-0.2, -0.15) is 0 Å². The predicted octanol–water partition coefficient (Wildman–Crippen LogP) is 4.24. The molecule has 3 aliphatic carbocycles. The summed E-state index contributed by atoms with van der Waals surface area (Å²) in [5.41, 5.74) is 4.75. The van der Waals surface area contributed by atoms with Gasteiger partial charge in [0, 0.05) is 17.5 Å². The molecule has 5 nitrogen and oxygen atoms in total. The zero-order valence-corrected chi connectivity index (χ0v) is 16.4. The van der Waals surface area contributed by atoms with Crippen molar-refractivity contribution in [2.24, 2.45) is 11.8 Å². The summed E-state index contributed by atoms with van der Waals surface area (Å²) in [6.45, 7) is 0. The van der Waals surface area contributed by atoms with Crippen molar-refractivity contribution in [3.05, 3.63) is 95.1 Å². The van der Waals surface area contributed by atoms with Gasteiger partial charge >= 0.3 is 5.97 Å². The molecule has 0 fully saturated rings. The molecule has 0 unspecified atom stereocenters. The largest absolute Gasteiger partial charge is 0.497 e. The van der Waals surface area contributed by atoms with Crippen LogP contribution in [0.2, 0.25) is 0 Å². The number of carboxylic acids is 1. The number of rotatable bonds is 4. The van der Waals surface area contributed by atoms with Crippen molar-refractivity contribution < 1.29 is 19.4 Å². The summed E-state index contributed by atoms with van der Waals surface area (Å²) in [6, 6.07) is 22.9. The number of hydrogen-bond acceptors (Lipinski definition) is 3. The molecule has 2 bridgehead atoms. The van der Waals surface area contributed by atoms with Crippen LogP contribution in [0.25, 0.3) is 0 Å². The molecule has 2 N–H and O–H groups in total. The predicted molar refractivity (Wildman–Crippen MR) is 113 cm³/mol. The van der Waals surface area contributed by atoms with Crippen molar-refractivity contribution in [3.63, 3.8) is 0 Å². The Labute approximate surface area is 174 Å². The van der Waals surface area contributed by atoms with E-state index < -0.39 is 17.8 Å². The highest BCUT2D eigenvalue weighted by Gasteiger charge is 2.55. The second-order valence-electron chi connectivity index (χ2n) is 7.82. The van der Waals surface area contributed by atoms with Crippen molar-refractivity contribution in [2.45, 2.75) is 11.8 Å². The molecule has 0 aromatic heterocycles. The summed E-state index contributed by atoms with van der Waals surface area (Å²) in [5, 5.41) is 13.1. The van der Waals surface area contributed by atoms with Crippen LogP contribution in [-0.4, -0.2) is 24.1 Å². The van der Waals surface area contributed by atoms with Gasteiger partial charge in [0.1, 0.15) is 5.75 Å². The van der Waals surface area contributed by atoms with Crippen molar-refractivity contribution in [1.82, 2.24) is 0 Å². The van der Waals surface area contributed by atoms with Gasteiger partial charge in [-0.1, -0.05) is 48.5 Å². The van der Waals surface area contributed by atoms with Crippen LogP contribution in [0.1, 0.15) is 34.1 Å². The first-order chi connectivity index (χ1) is 14.6. The number of nitrogens with one attached hydrogen (secondary N) is 1. The van der Waals surface area contributed by atoms with Crippen LogP contribution >= 0.6 is 0 Å². The van der Waals surface area contributed by atoms with Crippen LogP contribution in [-0.2, 0) is 9.59 Å². The second-order valence-corrected chi connectivity index (χ2v) is 7.82. The number of aliphatic carboxylic acids is 1. The number of carboxylic acid groups (broad SMARTS) is 1. The molecule has 6 rings (SSSR count). The Morgan fingerprint density at radius 1 is 0.767 bits per heavy atom. The zero-order valence-electron chi connectivity index (χ0n) is 16.4. The minimum Gasteiger partial charge on any atom is -0.497 e. The number of carbonyl (C=O) groups is 2. The van der Waals surface area contributed by atoms with Gasteiger partial charge in [-0.3, -0.25) is 9.59 Å². The molecule has 30 heavy (non-hydrogen) atoms. The Balaban J connectivity index is 1.60. The second kappa shape index (κ2) is 7.02. The van der Waals surface area contributed by atoms with E-state index in [1.54, 1.807) is 31.4 Å². The lowest BCUT2D eigenvalue weighted by molar-refractivity contribution is -0.148. The number of carbonyl (C=O) groups excluding carboxylic acids is 1.